The van der Waals surface area contributed by atoms with Crippen LogP contribution in [0.1, 0.15) is 27.2 Å². The maximum atomic E-state index is 11.6. The van der Waals surface area contributed by atoms with Crippen LogP contribution in [0.25, 0.3) is 0 Å². The zero-order chi connectivity index (χ0) is 13.6. The van der Waals surface area contributed by atoms with Crippen LogP contribution in [0, 0.1) is 5.92 Å². The highest BCUT2D eigenvalue weighted by molar-refractivity contribution is 5.79. The van der Waals surface area contributed by atoms with Crippen LogP contribution in [0.3, 0.4) is 0 Å². The van der Waals surface area contributed by atoms with Crippen molar-refractivity contribution in [2.24, 2.45) is 5.92 Å². The Morgan fingerprint density at radius 1 is 1.28 bits per heavy atom. The predicted octanol–water partition coefficient (Wildman–Crippen LogP) is 0.237. The molecule has 104 valence electrons. The van der Waals surface area contributed by atoms with Crippen molar-refractivity contribution < 1.29 is 14.3 Å². The Kier molecular flexibility index (Phi) is 5.40. The van der Waals surface area contributed by atoms with Gasteiger partial charge in [0.15, 0.2) is 0 Å². The van der Waals surface area contributed by atoms with Crippen LogP contribution in [0.15, 0.2) is 0 Å². The number of carbonyl (C=O) groups excluding carboxylic acids is 2. The molecule has 1 atom stereocenters. The van der Waals surface area contributed by atoms with Crippen LogP contribution < -0.4 is 16.0 Å². The Labute approximate surface area is 108 Å². The zero-order valence-electron chi connectivity index (χ0n) is 11.3. The van der Waals surface area contributed by atoms with Crippen molar-refractivity contribution in [3.8, 4) is 0 Å². The van der Waals surface area contributed by atoms with Crippen molar-refractivity contribution >= 4 is 12.0 Å². The van der Waals surface area contributed by atoms with Gasteiger partial charge in [-0.3, -0.25) is 4.79 Å². The third kappa shape index (κ3) is 5.86. The van der Waals surface area contributed by atoms with E-state index in [2.05, 4.69) is 16.0 Å². The van der Waals surface area contributed by atoms with Crippen LogP contribution in [0.5, 0.6) is 0 Å². The minimum absolute atomic E-state index is 0.0472. The lowest BCUT2D eigenvalue weighted by molar-refractivity contribution is -0.124. The lowest BCUT2D eigenvalue weighted by atomic mass is 10.1. The smallest absolute Gasteiger partial charge is 0.407 e. The molecule has 0 bridgehead atoms. The number of carbonyl (C=O) groups is 2. The van der Waals surface area contributed by atoms with Gasteiger partial charge in [0.2, 0.25) is 5.91 Å². The monoisotopic (exact) mass is 257 g/mol. The van der Waals surface area contributed by atoms with Gasteiger partial charge >= 0.3 is 6.09 Å². The summed E-state index contributed by atoms with van der Waals surface area (Å²) in [5, 5.41) is 8.52. The molecule has 0 aromatic rings. The van der Waals surface area contributed by atoms with Crippen molar-refractivity contribution in [3.63, 3.8) is 0 Å². The van der Waals surface area contributed by atoms with Gasteiger partial charge in [-0.05, 0) is 33.7 Å². The number of rotatable bonds is 4. The summed E-state index contributed by atoms with van der Waals surface area (Å²) in [6, 6.07) is 0. The van der Waals surface area contributed by atoms with Gasteiger partial charge in [-0.25, -0.2) is 4.79 Å². The molecule has 0 aromatic heterocycles. The molecule has 1 saturated heterocycles. The van der Waals surface area contributed by atoms with Gasteiger partial charge in [-0.1, -0.05) is 0 Å². The zero-order valence-corrected chi connectivity index (χ0v) is 11.3. The second-order valence-corrected chi connectivity index (χ2v) is 5.41. The first-order valence-electron chi connectivity index (χ1n) is 6.34. The Morgan fingerprint density at radius 3 is 2.50 bits per heavy atom. The summed E-state index contributed by atoms with van der Waals surface area (Å²) >= 11 is 0. The fourth-order valence-corrected chi connectivity index (χ4v) is 1.69. The maximum absolute atomic E-state index is 11.6. The summed E-state index contributed by atoms with van der Waals surface area (Å²) in [5.41, 5.74) is -0.497. The molecule has 1 rings (SSSR count). The first-order valence-corrected chi connectivity index (χ1v) is 6.34. The lowest BCUT2D eigenvalue weighted by Crippen LogP contribution is -2.39. The summed E-state index contributed by atoms with van der Waals surface area (Å²) in [5.74, 6) is 0.109. The van der Waals surface area contributed by atoms with Crippen molar-refractivity contribution in [1.82, 2.24) is 16.0 Å². The highest BCUT2D eigenvalue weighted by Gasteiger charge is 2.21. The molecule has 0 radical (unpaired) electrons. The van der Waals surface area contributed by atoms with E-state index in [0.717, 1.165) is 19.5 Å². The Hall–Kier alpha value is -1.30. The van der Waals surface area contributed by atoms with Crippen LogP contribution in [-0.4, -0.2) is 43.8 Å². The van der Waals surface area contributed by atoms with Crippen LogP contribution >= 0.6 is 0 Å². The fraction of sp³-hybridized carbons (Fsp3) is 0.833. The lowest BCUT2D eigenvalue weighted by Gasteiger charge is -2.19. The molecule has 1 fully saturated rings. The predicted molar refractivity (Wildman–Crippen MR) is 68.2 cm³/mol. The summed E-state index contributed by atoms with van der Waals surface area (Å²) in [7, 11) is 0. The molecule has 0 spiro atoms. The number of ether oxygens (including phenoxy) is 1. The standard InChI is InChI=1S/C12H23N3O3/c1-12(2,3)18-11(17)15-7-6-14-10(16)9-4-5-13-8-9/h9,13H,4-8H2,1-3H3,(H,14,16)(H,15,17). The average molecular weight is 257 g/mol. The molecule has 1 heterocycles. The van der Waals surface area contributed by atoms with E-state index >= 15 is 0 Å². The van der Waals surface area contributed by atoms with Crippen LogP contribution in [0.4, 0.5) is 4.79 Å². The van der Waals surface area contributed by atoms with Crippen molar-refractivity contribution in [2.75, 3.05) is 26.2 Å². The molecular formula is C12H23N3O3. The fourth-order valence-electron chi connectivity index (χ4n) is 1.69. The average Bonchev–Trinajstić information content (AvgIpc) is 2.74. The Morgan fingerprint density at radius 2 is 1.94 bits per heavy atom. The van der Waals surface area contributed by atoms with Crippen molar-refractivity contribution in [2.45, 2.75) is 32.8 Å². The Balaban J connectivity index is 2.07. The number of hydrogen-bond donors (Lipinski definition) is 3. The number of amides is 2. The van der Waals surface area contributed by atoms with Crippen molar-refractivity contribution in [3.05, 3.63) is 0 Å². The van der Waals surface area contributed by atoms with Gasteiger partial charge in [-0.2, -0.15) is 0 Å². The summed E-state index contributed by atoms with van der Waals surface area (Å²) in [6.07, 6.45) is 0.421. The molecule has 6 heteroatoms. The molecule has 0 aromatic carbocycles. The minimum atomic E-state index is -0.497. The van der Waals surface area contributed by atoms with E-state index < -0.39 is 11.7 Å². The minimum Gasteiger partial charge on any atom is -0.444 e. The van der Waals surface area contributed by atoms with E-state index in [-0.39, 0.29) is 11.8 Å². The molecule has 0 saturated carbocycles. The number of hydrogen-bond acceptors (Lipinski definition) is 4. The van der Waals surface area contributed by atoms with E-state index in [1.54, 1.807) is 20.8 Å². The summed E-state index contributed by atoms with van der Waals surface area (Å²) in [4.78, 5) is 22.9. The van der Waals surface area contributed by atoms with Gasteiger partial charge in [0, 0.05) is 19.6 Å². The van der Waals surface area contributed by atoms with E-state index in [1.165, 1.54) is 0 Å². The van der Waals surface area contributed by atoms with Gasteiger partial charge in [0.25, 0.3) is 0 Å². The first-order chi connectivity index (χ1) is 8.38. The molecule has 18 heavy (non-hydrogen) atoms. The second kappa shape index (κ2) is 6.58. The van der Waals surface area contributed by atoms with E-state index in [4.69, 9.17) is 4.74 Å². The van der Waals surface area contributed by atoms with E-state index in [9.17, 15) is 9.59 Å². The third-order valence-corrected chi connectivity index (χ3v) is 2.52. The van der Waals surface area contributed by atoms with Gasteiger partial charge < -0.3 is 20.7 Å². The van der Waals surface area contributed by atoms with Gasteiger partial charge in [0.1, 0.15) is 5.60 Å². The quantitative estimate of drug-likeness (QED) is 0.630. The van der Waals surface area contributed by atoms with Crippen LogP contribution in [0.2, 0.25) is 0 Å². The molecule has 0 aliphatic carbocycles. The SMILES string of the molecule is CC(C)(C)OC(=O)NCCNC(=O)C1CCNC1. The van der Waals surface area contributed by atoms with E-state index in [1.807, 2.05) is 0 Å². The highest BCUT2D eigenvalue weighted by atomic mass is 16.6. The molecule has 1 unspecified atom stereocenters. The summed E-state index contributed by atoms with van der Waals surface area (Å²) in [6.45, 7) is 7.86. The third-order valence-electron chi connectivity index (χ3n) is 2.52. The molecule has 6 nitrogen and oxygen atoms in total. The normalized spacial score (nSPS) is 19.4. The molecule has 1 aliphatic rings. The van der Waals surface area contributed by atoms with Crippen LogP contribution in [-0.2, 0) is 9.53 Å². The van der Waals surface area contributed by atoms with Crippen molar-refractivity contribution in [1.29, 1.82) is 0 Å². The highest BCUT2D eigenvalue weighted by Crippen LogP contribution is 2.07. The first kappa shape index (κ1) is 14.8. The number of alkyl carbamates (subject to hydrolysis) is 1. The molecular weight excluding hydrogens is 234 g/mol. The molecule has 3 N–H and O–H groups in total. The number of nitrogens with one attached hydrogen (secondary N) is 3. The van der Waals surface area contributed by atoms with Gasteiger partial charge in [-0.15, -0.1) is 0 Å². The maximum Gasteiger partial charge on any atom is 0.407 e. The second-order valence-electron chi connectivity index (χ2n) is 5.41. The Bertz CT molecular complexity index is 293. The van der Waals surface area contributed by atoms with Gasteiger partial charge in [0.05, 0.1) is 5.92 Å². The molecule has 2 amide bonds. The van der Waals surface area contributed by atoms with E-state index in [0.29, 0.717) is 13.1 Å². The topological polar surface area (TPSA) is 79.5 Å². The summed E-state index contributed by atoms with van der Waals surface area (Å²) < 4.78 is 5.07. The molecule has 1 aliphatic heterocycles. The largest absolute Gasteiger partial charge is 0.444 e.